The van der Waals surface area contributed by atoms with Gasteiger partial charge in [0.1, 0.15) is 11.5 Å². The molecule has 4 rings (SSSR count). The van der Waals surface area contributed by atoms with E-state index in [1.807, 2.05) is 11.8 Å². The Morgan fingerprint density at radius 1 is 1.17 bits per heavy atom. The zero-order valence-corrected chi connectivity index (χ0v) is 17.4. The molecule has 1 aliphatic carbocycles. The molecule has 0 saturated carbocycles. The van der Waals surface area contributed by atoms with Crippen LogP contribution in [0, 0.1) is 6.92 Å². The van der Waals surface area contributed by atoms with Crippen molar-refractivity contribution in [2.45, 2.75) is 58.4 Å². The summed E-state index contributed by atoms with van der Waals surface area (Å²) in [6, 6.07) is 6.21. The molecule has 0 bridgehead atoms. The lowest BCUT2D eigenvalue weighted by Crippen LogP contribution is -2.42. The maximum atomic E-state index is 13.1. The first-order valence-electron chi connectivity index (χ1n) is 10.5. The van der Waals surface area contributed by atoms with Crippen LogP contribution in [0.15, 0.2) is 33.8 Å². The van der Waals surface area contributed by atoms with E-state index in [1.54, 1.807) is 0 Å². The van der Waals surface area contributed by atoms with E-state index in [9.17, 15) is 14.7 Å². The summed E-state index contributed by atoms with van der Waals surface area (Å²) in [5.74, 6) is 0.859. The van der Waals surface area contributed by atoms with E-state index in [-0.39, 0.29) is 23.6 Å². The molecule has 1 fully saturated rings. The number of aromatic hydroxyl groups is 1. The number of hydrogen-bond acceptors (Lipinski definition) is 5. The van der Waals surface area contributed by atoms with Crippen molar-refractivity contribution in [1.82, 2.24) is 10.3 Å². The van der Waals surface area contributed by atoms with Gasteiger partial charge in [0.05, 0.1) is 5.71 Å². The highest BCUT2D eigenvalue weighted by Crippen LogP contribution is 2.31. The van der Waals surface area contributed by atoms with Crippen molar-refractivity contribution in [3.8, 4) is 5.75 Å². The number of carbonyl (C=O) groups is 2. The van der Waals surface area contributed by atoms with Gasteiger partial charge in [-0.05, 0) is 70.2 Å². The normalized spacial score (nSPS) is 20.1. The van der Waals surface area contributed by atoms with Gasteiger partial charge in [0.25, 0.3) is 11.8 Å². The molecular formula is C23H27N3O4. The molecule has 1 aliphatic heterocycles. The summed E-state index contributed by atoms with van der Waals surface area (Å²) in [6.45, 7) is 4.74. The van der Waals surface area contributed by atoms with Gasteiger partial charge in [0, 0.05) is 35.7 Å². The Hall–Kier alpha value is -3.09. The summed E-state index contributed by atoms with van der Waals surface area (Å²) in [4.78, 5) is 27.4. The van der Waals surface area contributed by atoms with Crippen LogP contribution in [0.4, 0.5) is 0 Å². The van der Waals surface area contributed by atoms with Crippen LogP contribution in [0.2, 0.25) is 0 Å². The summed E-state index contributed by atoms with van der Waals surface area (Å²) >= 11 is 0. The number of fused-ring (bicyclic) bond motifs is 1. The van der Waals surface area contributed by atoms with E-state index < -0.39 is 0 Å². The summed E-state index contributed by atoms with van der Waals surface area (Å²) in [5.41, 5.74) is 5.38. The highest BCUT2D eigenvalue weighted by Gasteiger charge is 2.32. The molecule has 1 aromatic carbocycles. The Morgan fingerprint density at radius 3 is 2.67 bits per heavy atom. The molecule has 0 spiro atoms. The molecule has 0 radical (unpaired) electrons. The molecule has 2 heterocycles. The number of hydrazone groups is 1. The average molecular weight is 409 g/mol. The number of likely N-dealkylation sites (tertiary alicyclic amines) is 1. The van der Waals surface area contributed by atoms with Crippen LogP contribution in [0.1, 0.15) is 76.8 Å². The summed E-state index contributed by atoms with van der Waals surface area (Å²) in [6.07, 6.45) is 5.49. The van der Waals surface area contributed by atoms with Crippen molar-refractivity contribution in [2.75, 3.05) is 6.54 Å². The standard InChI is InChI=1S/C23H27N3O4/c1-14-6-3-4-13-26(14)23(29)21-15(2)20-18(7-5-8-19(20)30-21)24-25-22(28)16-9-11-17(27)12-10-16/h9-12,14,27H,3-8,13H2,1-2H3,(H,25,28)/b24-18+. The first-order valence-corrected chi connectivity index (χ1v) is 10.5. The monoisotopic (exact) mass is 409 g/mol. The van der Waals surface area contributed by atoms with E-state index in [2.05, 4.69) is 17.5 Å². The third-order valence-corrected chi connectivity index (χ3v) is 6.01. The zero-order valence-electron chi connectivity index (χ0n) is 17.4. The molecule has 7 nitrogen and oxygen atoms in total. The SMILES string of the molecule is Cc1c(C(=O)N2CCCCC2C)oc2c1/C(=N/NC(=O)c1ccc(O)cc1)CCC2. The minimum absolute atomic E-state index is 0.0541. The number of carbonyl (C=O) groups excluding carboxylic acids is 2. The van der Waals surface area contributed by atoms with Gasteiger partial charge in [-0.1, -0.05) is 0 Å². The van der Waals surface area contributed by atoms with Crippen LogP contribution in [-0.2, 0) is 6.42 Å². The fraction of sp³-hybridized carbons (Fsp3) is 0.435. The minimum atomic E-state index is -0.353. The lowest BCUT2D eigenvalue weighted by Gasteiger charge is -2.32. The van der Waals surface area contributed by atoms with Gasteiger partial charge in [-0.2, -0.15) is 5.10 Å². The second kappa shape index (κ2) is 8.34. The zero-order chi connectivity index (χ0) is 21.3. The number of aryl methyl sites for hydroxylation is 1. The van der Waals surface area contributed by atoms with Gasteiger partial charge in [-0.25, -0.2) is 5.43 Å². The van der Waals surface area contributed by atoms with Gasteiger partial charge in [-0.15, -0.1) is 0 Å². The van der Waals surface area contributed by atoms with Crippen LogP contribution in [-0.4, -0.2) is 40.1 Å². The minimum Gasteiger partial charge on any atom is -0.508 e. The largest absolute Gasteiger partial charge is 0.508 e. The highest BCUT2D eigenvalue weighted by molar-refractivity contribution is 6.07. The number of rotatable bonds is 3. The number of piperidine rings is 1. The third-order valence-electron chi connectivity index (χ3n) is 6.01. The number of hydrogen-bond donors (Lipinski definition) is 2. The van der Waals surface area contributed by atoms with Crippen molar-refractivity contribution in [3.05, 3.63) is 52.5 Å². The predicted molar refractivity (Wildman–Crippen MR) is 113 cm³/mol. The molecule has 30 heavy (non-hydrogen) atoms. The van der Waals surface area contributed by atoms with Crippen LogP contribution in [0.25, 0.3) is 0 Å². The number of phenolic OH excluding ortho intramolecular Hbond substituents is 1. The highest BCUT2D eigenvalue weighted by atomic mass is 16.4. The van der Waals surface area contributed by atoms with E-state index >= 15 is 0 Å². The molecule has 2 N–H and O–H groups in total. The van der Waals surface area contributed by atoms with Crippen LogP contribution < -0.4 is 5.43 Å². The van der Waals surface area contributed by atoms with Crippen molar-refractivity contribution in [1.29, 1.82) is 0 Å². The van der Waals surface area contributed by atoms with Crippen molar-refractivity contribution in [3.63, 3.8) is 0 Å². The van der Waals surface area contributed by atoms with Gasteiger partial charge in [0.2, 0.25) is 0 Å². The van der Waals surface area contributed by atoms with Gasteiger partial charge >= 0.3 is 0 Å². The van der Waals surface area contributed by atoms with E-state index in [0.29, 0.717) is 17.7 Å². The number of nitrogens with one attached hydrogen (secondary N) is 1. The van der Waals surface area contributed by atoms with Gasteiger partial charge < -0.3 is 14.4 Å². The molecule has 1 saturated heterocycles. The van der Waals surface area contributed by atoms with E-state index in [4.69, 9.17) is 4.42 Å². The smallest absolute Gasteiger partial charge is 0.290 e. The van der Waals surface area contributed by atoms with Crippen LogP contribution in [0.5, 0.6) is 5.75 Å². The van der Waals surface area contributed by atoms with Crippen molar-refractivity contribution >= 4 is 17.5 Å². The molecule has 2 amide bonds. The van der Waals surface area contributed by atoms with Crippen LogP contribution >= 0.6 is 0 Å². The molecule has 1 atom stereocenters. The maximum Gasteiger partial charge on any atom is 0.290 e. The Labute approximate surface area is 175 Å². The molecule has 2 aliphatic rings. The number of nitrogens with zero attached hydrogens (tertiary/aromatic N) is 2. The first-order chi connectivity index (χ1) is 14.5. The van der Waals surface area contributed by atoms with Crippen LogP contribution in [0.3, 0.4) is 0 Å². The molecule has 2 aromatic rings. The van der Waals surface area contributed by atoms with E-state index in [0.717, 1.165) is 61.2 Å². The number of amides is 2. The number of phenols is 1. The lowest BCUT2D eigenvalue weighted by molar-refractivity contribution is 0.0600. The number of furan rings is 1. The third kappa shape index (κ3) is 3.84. The Morgan fingerprint density at radius 2 is 1.93 bits per heavy atom. The van der Waals surface area contributed by atoms with Crippen molar-refractivity contribution < 1.29 is 19.1 Å². The Balaban J connectivity index is 1.58. The van der Waals surface area contributed by atoms with Gasteiger partial charge in [0.15, 0.2) is 5.76 Å². The average Bonchev–Trinajstić information content (AvgIpc) is 3.09. The van der Waals surface area contributed by atoms with E-state index in [1.165, 1.54) is 24.3 Å². The Kier molecular flexibility index (Phi) is 5.61. The van der Waals surface area contributed by atoms with Crippen molar-refractivity contribution in [2.24, 2.45) is 5.10 Å². The summed E-state index contributed by atoms with van der Waals surface area (Å²) in [7, 11) is 0. The maximum absolute atomic E-state index is 13.1. The number of benzene rings is 1. The topological polar surface area (TPSA) is 95.1 Å². The predicted octanol–water partition coefficient (Wildman–Crippen LogP) is 3.78. The molecular weight excluding hydrogens is 382 g/mol. The summed E-state index contributed by atoms with van der Waals surface area (Å²) in [5, 5.41) is 13.7. The fourth-order valence-corrected chi connectivity index (χ4v) is 4.31. The second-order valence-corrected chi connectivity index (χ2v) is 8.10. The summed E-state index contributed by atoms with van der Waals surface area (Å²) < 4.78 is 6.02. The molecule has 1 unspecified atom stereocenters. The molecule has 158 valence electrons. The van der Waals surface area contributed by atoms with Gasteiger partial charge in [-0.3, -0.25) is 9.59 Å². The lowest BCUT2D eigenvalue weighted by atomic mass is 9.93. The first kappa shape index (κ1) is 20.2. The quantitative estimate of drug-likeness (QED) is 0.754. The fourth-order valence-electron chi connectivity index (χ4n) is 4.31. The Bertz CT molecular complexity index is 991. The molecule has 7 heteroatoms. The second-order valence-electron chi connectivity index (χ2n) is 8.10. The molecule has 1 aromatic heterocycles.